The highest BCUT2D eigenvalue weighted by atomic mass is 35.5. The van der Waals surface area contributed by atoms with E-state index in [1.807, 2.05) is 0 Å². The van der Waals surface area contributed by atoms with Crippen LogP contribution in [0.2, 0.25) is 0 Å². The fourth-order valence-electron chi connectivity index (χ4n) is 1.23. The maximum absolute atomic E-state index is 13.3. The van der Waals surface area contributed by atoms with E-state index in [9.17, 15) is 4.39 Å². The molecule has 5 heteroatoms. The van der Waals surface area contributed by atoms with E-state index in [-0.39, 0.29) is 11.7 Å². The maximum Gasteiger partial charge on any atom is 0.241 e. The molecule has 1 aromatic heterocycles. The Morgan fingerprint density at radius 3 is 2.80 bits per heavy atom. The van der Waals surface area contributed by atoms with Crippen LogP contribution >= 0.6 is 11.6 Å². The molecule has 3 nitrogen and oxygen atoms in total. The second kappa shape index (κ2) is 4.40. The zero-order valence-electron chi connectivity index (χ0n) is 7.78. The average molecular weight is 227 g/mol. The second-order valence-corrected chi connectivity index (χ2v) is 3.27. The van der Waals surface area contributed by atoms with Crippen LogP contribution in [-0.2, 0) is 12.3 Å². The van der Waals surface area contributed by atoms with Crippen molar-refractivity contribution in [3.05, 3.63) is 47.4 Å². The predicted molar refractivity (Wildman–Crippen MR) is 53.1 cm³/mol. The Morgan fingerprint density at radius 2 is 2.13 bits per heavy atom. The fraction of sp³-hybridized carbons (Fsp3) is 0.200. The molecule has 15 heavy (non-hydrogen) atoms. The first-order valence-corrected chi connectivity index (χ1v) is 4.94. The average Bonchev–Trinajstić information content (AvgIpc) is 2.69. The first-order chi connectivity index (χ1) is 7.29. The van der Waals surface area contributed by atoms with Crippen molar-refractivity contribution in [2.45, 2.75) is 12.3 Å². The Kier molecular flexibility index (Phi) is 2.97. The monoisotopic (exact) mass is 226 g/mol. The number of hydrogen-bond acceptors (Lipinski definition) is 3. The molecule has 0 N–H and O–H groups in total. The van der Waals surface area contributed by atoms with E-state index in [1.54, 1.807) is 18.2 Å². The first kappa shape index (κ1) is 10.1. The third-order valence-corrected chi connectivity index (χ3v) is 2.16. The van der Waals surface area contributed by atoms with E-state index >= 15 is 0 Å². The molecule has 0 radical (unpaired) electrons. The standard InChI is InChI=1S/C10H8ClFN2O/c11-6-10-13-9(14-15-10)5-7-3-1-2-4-8(7)12/h1-4H,5-6H2. The van der Waals surface area contributed by atoms with Gasteiger partial charge < -0.3 is 4.52 Å². The highest BCUT2D eigenvalue weighted by Gasteiger charge is 2.08. The molecule has 0 spiro atoms. The summed E-state index contributed by atoms with van der Waals surface area (Å²) >= 11 is 5.50. The largest absolute Gasteiger partial charge is 0.338 e. The number of aromatic nitrogens is 2. The molecule has 0 amide bonds. The lowest BCUT2D eigenvalue weighted by Gasteiger charge is -1.97. The summed E-state index contributed by atoms with van der Waals surface area (Å²) in [5.74, 6) is 0.693. The van der Waals surface area contributed by atoms with Crippen LogP contribution in [0.1, 0.15) is 17.3 Å². The third-order valence-electron chi connectivity index (χ3n) is 1.93. The van der Waals surface area contributed by atoms with E-state index < -0.39 is 0 Å². The molecular weight excluding hydrogens is 219 g/mol. The Balaban J connectivity index is 2.18. The minimum absolute atomic E-state index is 0.171. The van der Waals surface area contributed by atoms with E-state index in [0.717, 1.165) is 0 Å². The van der Waals surface area contributed by atoms with Gasteiger partial charge in [-0.2, -0.15) is 4.98 Å². The van der Waals surface area contributed by atoms with Gasteiger partial charge in [0.05, 0.1) is 0 Å². The lowest BCUT2D eigenvalue weighted by atomic mass is 10.1. The van der Waals surface area contributed by atoms with E-state index in [1.165, 1.54) is 6.07 Å². The van der Waals surface area contributed by atoms with Gasteiger partial charge >= 0.3 is 0 Å². The van der Waals surface area contributed by atoms with Crippen LogP contribution in [0.3, 0.4) is 0 Å². The van der Waals surface area contributed by atoms with Crippen LogP contribution in [0, 0.1) is 5.82 Å². The topological polar surface area (TPSA) is 38.9 Å². The molecule has 0 fully saturated rings. The van der Waals surface area contributed by atoms with Gasteiger partial charge in [0, 0.05) is 6.42 Å². The van der Waals surface area contributed by atoms with Gasteiger partial charge in [0.1, 0.15) is 11.7 Å². The first-order valence-electron chi connectivity index (χ1n) is 4.40. The Bertz CT molecular complexity index is 458. The summed E-state index contributed by atoms with van der Waals surface area (Å²) in [6, 6.07) is 6.49. The molecule has 2 rings (SSSR count). The molecule has 0 bridgehead atoms. The summed E-state index contributed by atoms with van der Waals surface area (Å²) in [5.41, 5.74) is 0.541. The van der Waals surface area contributed by atoms with E-state index in [4.69, 9.17) is 16.1 Å². The van der Waals surface area contributed by atoms with Crippen molar-refractivity contribution in [2.75, 3.05) is 0 Å². The van der Waals surface area contributed by atoms with Crippen LogP contribution < -0.4 is 0 Å². The highest BCUT2D eigenvalue weighted by molar-refractivity contribution is 6.16. The van der Waals surface area contributed by atoms with Crippen LogP contribution in [0.25, 0.3) is 0 Å². The summed E-state index contributed by atoms with van der Waals surface area (Å²) in [6.45, 7) is 0. The SMILES string of the molecule is Fc1ccccc1Cc1noc(CCl)n1. The van der Waals surface area contributed by atoms with Crippen LogP contribution in [0.5, 0.6) is 0 Å². The molecule has 0 unspecified atom stereocenters. The number of halogens is 2. The van der Waals surface area contributed by atoms with Gasteiger partial charge in [-0.15, -0.1) is 11.6 Å². The number of hydrogen-bond donors (Lipinski definition) is 0. The third kappa shape index (κ3) is 2.33. The van der Waals surface area contributed by atoms with Crippen molar-refractivity contribution < 1.29 is 8.91 Å². The lowest BCUT2D eigenvalue weighted by Crippen LogP contribution is -1.94. The molecule has 0 aliphatic carbocycles. The second-order valence-electron chi connectivity index (χ2n) is 3.01. The van der Waals surface area contributed by atoms with Crippen LogP contribution in [0.4, 0.5) is 4.39 Å². The van der Waals surface area contributed by atoms with E-state index in [0.29, 0.717) is 23.7 Å². The summed E-state index contributed by atoms with van der Waals surface area (Å²) < 4.78 is 18.1. The number of benzene rings is 1. The summed E-state index contributed by atoms with van der Waals surface area (Å²) in [5, 5.41) is 3.69. The van der Waals surface area contributed by atoms with E-state index in [2.05, 4.69) is 10.1 Å². The lowest BCUT2D eigenvalue weighted by molar-refractivity contribution is 0.385. The molecule has 1 heterocycles. The van der Waals surface area contributed by atoms with Crippen molar-refractivity contribution in [2.24, 2.45) is 0 Å². The van der Waals surface area contributed by atoms with Crippen LogP contribution in [0.15, 0.2) is 28.8 Å². The molecular formula is C10H8ClFN2O. The van der Waals surface area contributed by atoms with Gasteiger partial charge in [-0.05, 0) is 11.6 Å². The fourth-order valence-corrected chi connectivity index (χ4v) is 1.34. The number of alkyl halides is 1. The van der Waals surface area contributed by atoms with Gasteiger partial charge in [-0.3, -0.25) is 0 Å². The summed E-state index contributed by atoms with van der Waals surface area (Å²) in [6.07, 6.45) is 0.313. The minimum atomic E-state index is -0.269. The van der Waals surface area contributed by atoms with Crippen molar-refractivity contribution in [3.63, 3.8) is 0 Å². The minimum Gasteiger partial charge on any atom is -0.338 e. The Hall–Kier alpha value is -1.42. The van der Waals surface area contributed by atoms with Gasteiger partial charge in [-0.25, -0.2) is 4.39 Å². The summed E-state index contributed by atoms with van der Waals surface area (Å²) in [4.78, 5) is 3.99. The van der Waals surface area contributed by atoms with Gasteiger partial charge in [0.2, 0.25) is 5.89 Å². The zero-order chi connectivity index (χ0) is 10.7. The molecule has 78 valence electrons. The van der Waals surface area contributed by atoms with Gasteiger partial charge in [-0.1, -0.05) is 23.4 Å². The molecule has 0 atom stereocenters. The molecule has 1 aromatic carbocycles. The Labute approximate surface area is 90.9 Å². The maximum atomic E-state index is 13.3. The predicted octanol–water partition coefficient (Wildman–Crippen LogP) is 2.54. The smallest absolute Gasteiger partial charge is 0.241 e. The summed E-state index contributed by atoms with van der Waals surface area (Å²) in [7, 11) is 0. The van der Waals surface area contributed by atoms with Gasteiger partial charge in [0.25, 0.3) is 0 Å². The van der Waals surface area contributed by atoms with Crippen molar-refractivity contribution in [3.8, 4) is 0 Å². The molecule has 0 aliphatic heterocycles. The van der Waals surface area contributed by atoms with Crippen molar-refractivity contribution in [1.29, 1.82) is 0 Å². The van der Waals surface area contributed by atoms with Crippen LogP contribution in [-0.4, -0.2) is 10.1 Å². The zero-order valence-corrected chi connectivity index (χ0v) is 8.54. The normalized spacial score (nSPS) is 10.5. The molecule has 0 saturated carbocycles. The van der Waals surface area contributed by atoms with Crippen molar-refractivity contribution >= 4 is 11.6 Å². The quantitative estimate of drug-likeness (QED) is 0.755. The Morgan fingerprint density at radius 1 is 1.33 bits per heavy atom. The number of rotatable bonds is 3. The highest BCUT2D eigenvalue weighted by Crippen LogP contribution is 2.11. The molecule has 2 aromatic rings. The van der Waals surface area contributed by atoms with Gasteiger partial charge in [0.15, 0.2) is 5.82 Å². The van der Waals surface area contributed by atoms with Crippen molar-refractivity contribution in [1.82, 2.24) is 10.1 Å². The molecule has 0 aliphatic rings. The molecule has 0 saturated heterocycles. The number of nitrogens with zero attached hydrogens (tertiary/aromatic N) is 2.